The Balaban J connectivity index is 2.25. The van der Waals surface area contributed by atoms with Crippen molar-refractivity contribution < 1.29 is 9.53 Å². The quantitative estimate of drug-likeness (QED) is 0.595. The van der Waals surface area contributed by atoms with Gasteiger partial charge in [0.05, 0.1) is 18.0 Å². The third kappa shape index (κ3) is 3.09. The van der Waals surface area contributed by atoms with E-state index in [2.05, 4.69) is 39.8 Å². The molecule has 0 bridgehead atoms. The molecule has 25 heavy (non-hydrogen) atoms. The molecule has 0 aliphatic heterocycles. The number of aromatic nitrogens is 2. The lowest BCUT2D eigenvalue weighted by molar-refractivity contribution is 0.111. The lowest BCUT2D eigenvalue weighted by atomic mass is 9.91. The predicted octanol–water partition coefficient (Wildman–Crippen LogP) is 5.13. The Hall–Kier alpha value is -2.14. The van der Waals surface area contributed by atoms with E-state index in [0.717, 1.165) is 40.4 Å². The molecule has 0 fully saturated rings. The van der Waals surface area contributed by atoms with Crippen molar-refractivity contribution in [2.75, 3.05) is 6.61 Å². The molecule has 0 saturated heterocycles. The first-order chi connectivity index (χ1) is 11.9. The van der Waals surface area contributed by atoms with E-state index < -0.39 is 0 Å². The number of hydrogen-bond donors (Lipinski definition) is 0. The van der Waals surface area contributed by atoms with Crippen LogP contribution < -0.4 is 4.74 Å². The Morgan fingerprint density at radius 2 is 1.88 bits per heavy atom. The highest BCUT2D eigenvalue weighted by atomic mass is 32.1. The lowest BCUT2D eigenvalue weighted by Crippen LogP contribution is -2.15. The van der Waals surface area contributed by atoms with E-state index >= 15 is 0 Å². The van der Waals surface area contributed by atoms with Gasteiger partial charge in [0, 0.05) is 10.3 Å². The molecule has 0 unspecified atom stereocenters. The van der Waals surface area contributed by atoms with Gasteiger partial charge in [-0.3, -0.25) is 9.20 Å². The van der Waals surface area contributed by atoms with Crippen LogP contribution in [0, 0.1) is 0 Å². The summed E-state index contributed by atoms with van der Waals surface area (Å²) in [5.74, 6) is 0.854. The monoisotopic (exact) mass is 356 g/mol. The second kappa shape index (κ2) is 6.64. The first kappa shape index (κ1) is 17.7. The average Bonchev–Trinajstić information content (AvgIpc) is 3.11. The van der Waals surface area contributed by atoms with E-state index in [1.807, 2.05) is 23.5 Å². The first-order valence-electron chi connectivity index (χ1n) is 8.63. The molecule has 3 rings (SSSR count). The van der Waals surface area contributed by atoms with Crippen LogP contribution in [0.3, 0.4) is 0 Å². The molecule has 1 aromatic carbocycles. The summed E-state index contributed by atoms with van der Waals surface area (Å²) in [6.07, 6.45) is 1.84. The van der Waals surface area contributed by atoms with Gasteiger partial charge in [0.2, 0.25) is 0 Å². The van der Waals surface area contributed by atoms with E-state index in [-0.39, 0.29) is 5.41 Å². The first-order valence-corrected chi connectivity index (χ1v) is 9.45. The number of benzene rings is 1. The topological polar surface area (TPSA) is 43.6 Å². The fraction of sp³-hybridized carbons (Fsp3) is 0.400. The number of imidazole rings is 1. The normalized spacial score (nSPS) is 11.9. The number of ether oxygens (including phenoxy) is 1. The van der Waals surface area contributed by atoms with E-state index in [4.69, 9.17) is 9.72 Å². The van der Waals surface area contributed by atoms with Crippen molar-refractivity contribution in [1.82, 2.24) is 9.38 Å². The molecule has 0 atom stereocenters. The molecule has 2 heterocycles. The molecule has 132 valence electrons. The summed E-state index contributed by atoms with van der Waals surface area (Å²) < 4.78 is 7.56. The summed E-state index contributed by atoms with van der Waals surface area (Å²) in [7, 11) is 0. The highest BCUT2D eigenvalue weighted by molar-refractivity contribution is 7.17. The molecule has 2 aromatic heterocycles. The number of rotatable bonds is 5. The number of carbonyl (C=O) groups excluding carboxylic acids is 1. The second-order valence-corrected chi connectivity index (χ2v) is 8.08. The number of nitrogens with zero attached hydrogens (tertiary/aromatic N) is 2. The van der Waals surface area contributed by atoms with Gasteiger partial charge in [0.1, 0.15) is 11.4 Å². The van der Waals surface area contributed by atoms with Crippen molar-refractivity contribution in [2.45, 2.75) is 46.5 Å². The summed E-state index contributed by atoms with van der Waals surface area (Å²) in [6.45, 7) is 11.0. The zero-order valence-corrected chi connectivity index (χ0v) is 16.2. The summed E-state index contributed by atoms with van der Waals surface area (Å²) in [5.41, 5.74) is 3.47. The summed E-state index contributed by atoms with van der Waals surface area (Å²) in [5, 5.41) is 0. The highest BCUT2D eigenvalue weighted by Gasteiger charge is 2.27. The number of aldehydes is 1. The number of thiazole rings is 1. The number of carbonyl (C=O) groups is 1. The molecule has 0 spiro atoms. The van der Waals surface area contributed by atoms with Crippen molar-refractivity contribution in [2.24, 2.45) is 0 Å². The van der Waals surface area contributed by atoms with E-state index in [0.29, 0.717) is 12.3 Å². The van der Waals surface area contributed by atoms with Crippen LogP contribution in [0.15, 0.2) is 24.3 Å². The van der Waals surface area contributed by atoms with Crippen LogP contribution in [0.5, 0.6) is 5.75 Å². The third-order valence-electron chi connectivity index (χ3n) is 4.17. The van der Waals surface area contributed by atoms with Crippen LogP contribution in [0.4, 0.5) is 0 Å². The zero-order valence-electron chi connectivity index (χ0n) is 15.4. The Bertz CT molecular complexity index is 899. The Morgan fingerprint density at radius 1 is 1.20 bits per heavy atom. The second-order valence-electron chi connectivity index (χ2n) is 7.02. The minimum Gasteiger partial charge on any atom is -0.494 e. The zero-order chi connectivity index (χ0) is 18.2. The predicted molar refractivity (Wildman–Crippen MR) is 103 cm³/mol. The van der Waals surface area contributed by atoms with E-state index in [1.165, 1.54) is 4.88 Å². The minimum absolute atomic E-state index is 0.176. The van der Waals surface area contributed by atoms with Crippen molar-refractivity contribution in [3.63, 3.8) is 0 Å². The molecule has 0 aliphatic carbocycles. The maximum atomic E-state index is 11.9. The van der Waals surface area contributed by atoms with Crippen LogP contribution in [-0.4, -0.2) is 22.3 Å². The van der Waals surface area contributed by atoms with Gasteiger partial charge >= 0.3 is 0 Å². The smallest absolute Gasteiger partial charge is 0.195 e. The molecule has 0 radical (unpaired) electrons. The van der Waals surface area contributed by atoms with Gasteiger partial charge in [0.15, 0.2) is 11.2 Å². The van der Waals surface area contributed by atoms with Gasteiger partial charge in [-0.05, 0) is 43.2 Å². The molecule has 0 aliphatic rings. The number of hydrogen-bond acceptors (Lipinski definition) is 4. The van der Waals surface area contributed by atoms with Crippen LogP contribution in [0.25, 0.3) is 16.2 Å². The van der Waals surface area contributed by atoms with E-state index in [1.54, 1.807) is 11.3 Å². The SMILES string of the molecule is CCOc1ccc(-c2c(CC)sc3nc(C(C)(C)C)c(C=O)n23)cc1. The van der Waals surface area contributed by atoms with Gasteiger partial charge in [0.25, 0.3) is 0 Å². The third-order valence-corrected chi connectivity index (χ3v) is 5.35. The fourth-order valence-corrected chi connectivity index (χ4v) is 4.13. The Kier molecular flexibility index (Phi) is 4.69. The van der Waals surface area contributed by atoms with Crippen LogP contribution in [-0.2, 0) is 11.8 Å². The minimum atomic E-state index is -0.176. The number of aryl methyl sites for hydroxylation is 1. The van der Waals surface area contributed by atoms with Gasteiger partial charge in [-0.1, -0.05) is 27.7 Å². The van der Waals surface area contributed by atoms with Crippen molar-refractivity contribution in [1.29, 1.82) is 0 Å². The molecule has 3 aromatic rings. The molecule has 0 amide bonds. The molecular weight excluding hydrogens is 332 g/mol. The average molecular weight is 356 g/mol. The largest absolute Gasteiger partial charge is 0.494 e. The van der Waals surface area contributed by atoms with Crippen LogP contribution >= 0.6 is 11.3 Å². The fourth-order valence-electron chi connectivity index (χ4n) is 3.05. The maximum absolute atomic E-state index is 11.9. The molecule has 5 heteroatoms. The molecular formula is C20H24N2O2S. The molecule has 4 nitrogen and oxygen atoms in total. The van der Waals surface area contributed by atoms with Gasteiger partial charge < -0.3 is 4.74 Å². The Morgan fingerprint density at radius 3 is 2.40 bits per heavy atom. The van der Waals surface area contributed by atoms with Gasteiger partial charge in [-0.2, -0.15) is 0 Å². The summed E-state index contributed by atoms with van der Waals surface area (Å²) in [4.78, 5) is 18.8. The van der Waals surface area contributed by atoms with Crippen LogP contribution in [0.1, 0.15) is 55.7 Å². The highest BCUT2D eigenvalue weighted by Crippen LogP contribution is 2.37. The summed E-state index contributed by atoms with van der Waals surface area (Å²) >= 11 is 1.66. The molecule has 0 N–H and O–H groups in total. The lowest BCUT2D eigenvalue weighted by Gasteiger charge is -2.16. The summed E-state index contributed by atoms with van der Waals surface area (Å²) in [6, 6.07) is 8.06. The van der Waals surface area contributed by atoms with E-state index in [9.17, 15) is 4.79 Å². The van der Waals surface area contributed by atoms with Crippen molar-refractivity contribution in [3.8, 4) is 17.0 Å². The van der Waals surface area contributed by atoms with Crippen molar-refractivity contribution in [3.05, 3.63) is 40.5 Å². The molecule has 0 saturated carbocycles. The van der Waals surface area contributed by atoms with Crippen molar-refractivity contribution >= 4 is 22.6 Å². The maximum Gasteiger partial charge on any atom is 0.195 e. The van der Waals surface area contributed by atoms with Gasteiger partial charge in [-0.25, -0.2) is 4.98 Å². The standard InChI is InChI=1S/C20H24N2O2S/c1-6-16-17(13-8-10-14(11-9-13)24-7-2)22-15(12-23)18(20(3,4)5)21-19(22)25-16/h8-12H,6-7H2,1-5H3. The number of fused-ring (bicyclic) bond motifs is 1. The van der Waals surface area contributed by atoms with Gasteiger partial charge in [-0.15, -0.1) is 11.3 Å². The van der Waals surface area contributed by atoms with Crippen LogP contribution in [0.2, 0.25) is 0 Å². The Labute approximate surface area is 152 Å².